The van der Waals surface area contributed by atoms with E-state index in [2.05, 4.69) is 138 Å². The lowest BCUT2D eigenvalue weighted by molar-refractivity contribution is 0.668. The molecule has 7 heteroatoms. The molecule has 0 radical (unpaired) electrons. The second-order valence-corrected chi connectivity index (χ2v) is 17.8. The first-order chi connectivity index (χ1) is 31.7. The highest BCUT2D eigenvalue weighted by molar-refractivity contribution is 7.24. The lowest BCUT2D eigenvalue weighted by Crippen LogP contribution is -2.02. The van der Waals surface area contributed by atoms with Crippen LogP contribution in [0.2, 0.25) is 0 Å². The fourth-order valence-corrected chi connectivity index (χ4v) is 11.6. The van der Waals surface area contributed by atoms with Gasteiger partial charge in [0, 0.05) is 74.6 Å². The van der Waals surface area contributed by atoms with E-state index in [9.17, 15) is 0 Å². The van der Waals surface area contributed by atoms with Gasteiger partial charge in [0.15, 0.2) is 17.5 Å². The predicted octanol–water partition coefficient (Wildman–Crippen LogP) is 15.9. The van der Waals surface area contributed by atoms with E-state index in [1.807, 2.05) is 59.9 Å². The number of benzene rings is 10. The standard InChI is InChI=1S/C57H30N4O2S/c1-2-12-36-35(11-1)41(25-28-42(36)61-43-26-21-31-9-7-17-49-51(31)53(43)54-44(61)27-22-32-10-8-18-50(64-49)52(32)54)57-59-55(33-19-23-39-37-13-3-5-15-45(37)62-47(39)29-33)58-56(60-57)34-20-24-40-38-14-4-6-16-46(38)63-48(40)30-34/h1-30H. The van der Waals surface area contributed by atoms with Gasteiger partial charge in [0.1, 0.15) is 22.3 Å². The van der Waals surface area contributed by atoms with Crippen LogP contribution in [0, 0.1) is 0 Å². The number of aromatic nitrogens is 4. The Morgan fingerprint density at radius 3 is 1.44 bits per heavy atom. The molecule has 15 aromatic rings. The van der Waals surface area contributed by atoms with E-state index in [1.165, 1.54) is 52.8 Å². The summed E-state index contributed by atoms with van der Waals surface area (Å²) in [6, 6.07) is 64.3. The molecule has 0 aliphatic carbocycles. The van der Waals surface area contributed by atoms with Crippen molar-refractivity contribution in [3.05, 3.63) is 182 Å². The summed E-state index contributed by atoms with van der Waals surface area (Å²) in [5.74, 6) is 1.69. The molecule has 0 fully saturated rings. The number of rotatable bonds is 4. The molecule has 0 atom stereocenters. The Labute approximate surface area is 367 Å². The van der Waals surface area contributed by atoms with Gasteiger partial charge < -0.3 is 13.4 Å². The maximum atomic E-state index is 6.36. The maximum absolute atomic E-state index is 6.36. The minimum atomic E-state index is 0.556. The fraction of sp³-hybridized carbons (Fsp3) is 0. The summed E-state index contributed by atoms with van der Waals surface area (Å²) in [6.45, 7) is 0. The van der Waals surface area contributed by atoms with Crippen LogP contribution >= 0.6 is 11.3 Å². The Morgan fingerprint density at radius 2 is 0.859 bits per heavy atom. The number of nitrogens with zero attached hydrogens (tertiary/aromatic N) is 4. The van der Waals surface area contributed by atoms with Crippen molar-refractivity contribution in [1.29, 1.82) is 0 Å². The van der Waals surface area contributed by atoms with E-state index in [-0.39, 0.29) is 0 Å². The number of hydrogen-bond acceptors (Lipinski definition) is 6. The van der Waals surface area contributed by atoms with Crippen LogP contribution in [-0.2, 0) is 0 Å². The fourth-order valence-electron chi connectivity index (χ4n) is 10.4. The van der Waals surface area contributed by atoms with Gasteiger partial charge >= 0.3 is 0 Å². The average molecular weight is 835 g/mol. The maximum Gasteiger partial charge on any atom is 0.164 e. The molecule has 5 aromatic heterocycles. The van der Waals surface area contributed by atoms with Crippen LogP contribution in [0.15, 0.2) is 191 Å². The average Bonchev–Trinajstić information content (AvgIpc) is 3.99. The summed E-state index contributed by atoms with van der Waals surface area (Å²) in [4.78, 5) is 15.8. The molecule has 15 rings (SSSR count). The molecule has 0 amide bonds. The first-order valence-corrected chi connectivity index (χ1v) is 22.2. The van der Waals surface area contributed by atoms with E-state index < -0.39 is 0 Å². The second kappa shape index (κ2) is 12.6. The molecule has 0 aliphatic rings. The molecule has 0 spiro atoms. The zero-order chi connectivity index (χ0) is 41.6. The topological polar surface area (TPSA) is 69.9 Å². The molecule has 0 saturated heterocycles. The molecule has 296 valence electrons. The van der Waals surface area contributed by atoms with E-state index in [1.54, 1.807) is 0 Å². The molecule has 64 heavy (non-hydrogen) atoms. The molecule has 5 heterocycles. The van der Waals surface area contributed by atoms with E-state index in [0.29, 0.717) is 17.5 Å². The third-order valence-corrected chi connectivity index (χ3v) is 14.3. The van der Waals surface area contributed by atoms with Crippen molar-refractivity contribution in [2.24, 2.45) is 0 Å². The molecule has 0 aliphatic heterocycles. The highest BCUT2D eigenvalue weighted by Crippen LogP contribution is 2.47. The number of fused-ring (bicyclic) bond motifs is 7. The van der Waals surface area contributed by atoms with Gasteiger partial charge in [0.05, 0.1) is 16.7 Å². The SMILES string of the molecule is c1ccc2c(c1)oc1cc(-c3nc(-c4ccc5c(c4)oc4ccccc45)nc(-c4ccc(-n5c6ccc7cccc8sc9cccc%10ccc5c(c%109)c6c78)c5ccccc45)n3)ccc12. The smallest absolute Gasteiger partial charge is 0.164 e. The van der Waals surface area contributed by atoms with Gasteiger partial charge in [-0.3, -0.25) is 0 Å². The third-order valence-electron chi connectivity index (χ3n) is 13.2. The molecule has 0 bridgehead atoms. The van der Waals surface area contributed by atoms with Crippen LogP contribution in [0.1, 0.15) is 0 Å². The summed E-state index contributed by atoms with van der Waals surface area (Å²) >= 11 is 1.88. The van der Waals surface area contributed by atoms with Gasteiger partial charge in [0.25, 0.3) is 0 Å². The predicted molar refractivity (Wildman–Crippen MR) is 264 cm³/mol. The van der Waals surface area contributed by atoms with Gasteiger partial charge in [-0.1, -0.05) is 109 Å². The van der Waals surface area contributed by atoms with Crippen LogP contribution < -0.4 is 0 Å². The van der Waals surface area contributed by atoms with Gasteiger partial charge in [-0.25, -0.2) is 15.0 Å². The zero-order valence-electron chi connectivity index (χ0n) is 33.8. The molecule has 6 nitrogen and oxygen atoms in total. The Kier molecular flexibility index (Phi) is 6.74. The third kappa shape index (κ3) is 4.70. The van der Waals surface area contributed by atoms with Crippen molar-refractivity contribution >= 4 is 119 Å². The summed E-state index contributed by atoms with van der Waals surface area (Å²) < 4.78 is 17.8. The lowest BCUT2D eigenvalue weighted by Gasteiger charge is -2.15. The summed E-state index contributed by atoms with van der Waals surface area (Å²) in [7, 11) is 0. The van der Waals surface area contributed by atoms with E-state index in [0.717, 1.165) is 77.0 Å². The number of hydrogen-bond donors (Lipinski definition) is 0. The van der Waals surface area contributed by atoms with Crippen molar-refractivity contribution in [2.75, 3.05) is 0 Å². The molecular weight excluding hydrogens is 805 g/mol. The summed E-state index contributed by atoms with van der Waals surface area (Å²) in [6.07, 6.45) is 0. The Morgan fingerprint density at radius 1 is 0.359 bits per heavy atom. The Bertz CT molecular complexity index is 4220. The largest absolute Gasteiger partial charge is 0.456 e. The van der Waals surface area contributed by atoms with Gasteiger partial charge in [-0.2, -0.15) is 0 Å². The summed E-state index contributed by atoms with van der Waals surface area (Å²) in [5, 5.41) is 14.1. The van der Waals surface area contributed by atoms with Gasteiger partial charge in [0.2, 0.25) is 0 Å². The highest BCUT2D eigenvalue weighted by atomic mass is 32.1. The van der Waals surface area contributed by atoms with Crippen LogP contribution in [0.25, 0.3) is 147 Å². The monoisotopic (exact) mass is 834 g/mol. The van der Waals surface area contributed by atoms with Gasteiger partial charge in [-0.05, 0) is 89.0 Å². The van der Waals surface area contributed by atoms with Crippen molar-refractivity contribution < 1.29 is 8.83 Å². The van der Waals surface area contributed by atoms with E-state index >= 15 is 0 Å². The van der Waals surface area contributed by atoms with Crippen LogP contribution in [0.3, 0.4) is 0 Å². The van der Waals surface area contributed by atoms with Crippen LogP contribution in [-0.4, -0.2) is 19.5 Å². The van der Waals surface area contributed by atoms with Crippen molar-refractivity contribution in [3.63, 3.8) is 0 Å². The molecule has 0 N–H and O–H groups in total. The normalized spacial score (nSPS) is 12.4. The van der Waals surface area contributed by atoms with Crippen molar-refractivity contribution in [3.8, 4) is 39.9 Å². The quantitative estimate of drug-likeness (QED) is 0.177. The van der Waals surface area contributed by atoms with Crippen molar-refractivity contribution in [2.45, 2.75) is 0 Å². The minimum absolute atomic E-state index is 0.556. The van der Waals surface area contributed by atoms with Crippen LogP contribution in [0.4, 0.5) is 0 Å². The van der Waals surface area contributed by atoms with Gasteiger partial charge in [-0.15, -0.1) is 11.3 Å². The number of furan rings is 2. The molecule has 10 aromatic carbocycles. The minimum Gasteiger partial charge on any atom is -0.456 e. The molecule has 0 saturated carbocycles. The highest BCUT2D eigenvalue weighted by Gasteiger charge is 2.23. The van der Waals surface area contributed by atoms with Crippen LogP contribution in [0.5, 0.6) is 0 Å². The Balaban J connectivity index is 0.980. The van der Waals surface area contributed by atoms with Crippen molar-refractivity contribution in [1.82, 2.24) is 19.5 Å². The Hall–Kier alpha value is -8.39. The summed E-state index contributed by atoms with van der Waals surface area (Å²) in [5.41, 5.74) is 9.32. The second-order valence-electron chi connectivity index (χ2n) is 16.7. The first-order valence-electron chi connectivity index (χ1n) is 21.4. The van der Waals surface area contributed by atoms with E-state index in [4.69, 9.17) is 23.8 Å². The first kappa shape index (κ1) is 34.2. The lowest BCUT2D eigenvalue weighted by atomic mass is 10.00. The number of para-hydroxylation sites is 2. The zero-order valence-corrected chi connectivity index (χ0v) is 34.7. The molecular formula is C57H30N4O2S. The molecule has 0 unspecified atom stereocenters.